The second kappa shape index (κ2) is 7.86. The second-order valence-corrected chi connectivity index (χ2v) is 7.75. The monoisotopic (exact) mass is 434 g/mol. The minimum Gasteiger partial charge on any atom is -0.510 e. The fourth-order valence-electron chi connectivity index (χ4n) is 4.07. The van der Waals surface area contributed by atoms with Crippen molar-refractivity contribution >= 4 is 28.4 Å². The first kappa shape index (κ1) is 21.1. The van der Waals surface area contributed by atoms with Crippen LogP contribution in [0, 0.1) is 5.41 Å². The standard InChI is InChI=1S/C23H22N4O5/c24-21(25)13-5-6-16-17(9-13)27-22(26-16)23(11-28)10-12(8-19(30)31)7-15(20(23)32)14-3-1-2-4-18(14)29/h1-6,9-10,28-29,32H,7-8,11H2,(H3,24,25)(H,26,27)(H,30,31). The number of benzene rings is 2. The van der Waals surface area contributed by atoms with Crippen molar-refractivity contribution in [2.24, 2.45) is 5.73 Å². The predicted molar refractivity (Wildman–Crippen MR) is 118 cm³/mol. The van der Waals surface area contributed by atoms with E-state index in [2.05, 4.69) is 9.97 Å². The number of nitrogens with one attached hydrogen (secondary N) is 2. The number of aliphatic hydroxyl groups excluding tert-OH is 2. The van der Waals surface area contributed by atoms with Crippen LogP contribution in [0.3, 0.4) is 0 Å². The summed E-state index contributed by atoms with van der Waals surface area (Å²) >= 11 is 0. The maximum atomic E-state index is 11.5. The Morgan fingerprint density at radius 3 is 2.62 bits per heavy atom. The van der Waals surface area contributed by atoms with Crippen LogP contribution in [0.1, 0.15) is 29.8 Å². The predicted octanol–water partition coefficient (Wildman–Crippen LogP) is 2.56. The summed E-state index contributed by atoms with van der Waals surface area (Å²) in [5.41, 5.74) is 6.64. The zero-order valence-electron chi connectivity index (χ0n) is 17.0. The summed E-state index contributed by atoms with van der Waals surface area (Å²) in [4.78, 5) is 19.1. The number of aliphatic carboxylic acids is 1. The van der Waals surface area contributed by atoms with E-state index in [1.165, 1.54) is 12.1 Å². The van der Waals surface area contributed by atoms with Crippen LogP contribution in [0.2, 0.25) is 0 Å². The van der Waals surface area contributed by atoms with Crippen LogP contribution < -0.4 is 5.73 Å². The highest BCUT2D eigenvalue weighted by Gasteiger charge is 2.43. The first-order valence-corrected chi connectivity index (χ1v) is 9.84. The number of nitrogen functional groups attached to an aromatic ring is 1. The first-order valence-electron chi connectivity index (χ1n) is 9.84. The number of nitrogens with zero attached hydrogens (tertiary/aromatic N) is 1. The number of allylic oxidation sites excluding steroid dienone is 1. The number of hydrogen-bond acceptors (Lipinski definition) is 6. The van der Waals surface area contributed by atoms with Crippen LogP contribution >= 0.6 is 0 Å². The molecule has 0 amide bonds. The second-order valence-electron chi connectivity index (χ2n) is 7.75. The number of aromatic nitrogens is 2. The van der Waals surface area contributed by atoms with Crippen molar-refractivity contribution < 1.29 is 25.2 Å². The SMILES string of the molecule is N=C(N)c1ccc2[nH]c(C3(CO)C=C(CC(=O)O)CC(c4ccccc4O)=C3O)nc2c1. The molecule has 1 aliphatic carbocycles. The van der Waals surface area contributed by atoms with Crippen LogP contribution in [0.4, 0.5) is 0 Å². The van der Waals surface area contributed by atoms with Gasteiger partial charge in [0.05, 0.1) is 24.1 Å². The Balaban J connectivity index is 1.95. The topological polar surface area (TPSA) is 177 Å². The zero-order chi connectivity index (χ0) is 23.0. The molecule has 164 valence electrons. The molecule has 1 aliphatic rings. The Morgan fingerprint density at radius 2 is 1.97 bits per heavy atom. The number of amidine groups is 1. The van der Waals surface area contributed by atoms with Gasteiger partial charge in [0.2, 0.25) is 0 Å². The number of aromatic amines is 1. The first-order chi connectivity index (χ1) is 15.2. The lowest BCUT2D eigenvalue weighted by molar-refractivity contribution is -0.136. The van der Waals surface area contributed by atoms with Crippen LogP contribution in [0.25, 0.3) is 16.6 Å². The molecular weight excluding hydrogens is 412 g/mol. The fraction of sp³-hybridized carbons (Fsp3) is 0.174. The van der Waals surface area contributed by atoms with Crippen molar-refractivity contribution in [1.29, 1.82) is 5.41 Å². The number of phenolic OH excluding ortho intramolecular Hbond substituents is 1. The molecule has 9 heteroatoms. The molecule has 0 radical (unpaired) electrons. The molecule has 1 aromatic heterocycles. The van der Waals surface area contributed by atoms with Crippen molar-refractivity contribution in [2.75, 3.05) is 6.61 Å². The van der Waals surface area contributed by atoms with Gasteiger partial charge in [0.15, 0.2) is 0 Å². The third kappa shape index (κ3) is 3.48. The summed E-state index contributed by atoms with van der Waals surface area (Å²) in [5, 5.41) is 49.1. The number of H-pyrrole nitrogens is 1. The quantitative estimate of drug-likeness (QED) is 0.177. The Labute approximate surface area is 182 Å². The number of phenols is 1. The molecule has 3 aromatic rings. The summed E-state index contributed by atoms with van der Waals surface area (Å²) in [6.07, 6.45) is 1.30. The van der Waals surface area contributed by atoms with Crippen LogP contribution in [0.15, 0.2) is 59.9 Å². The molecule has 1 unspecified atom stereocenters. The van der Waals surface area contributed by atoms with Crippen molar-refractivity contribution in [2.45, 2.75) is 18.3 Å². The fourth-order valence-corrected chi connectivity index (χ4v) is 4.07. The van der Waals surface area contributed by atoms with Gasteiger partial charge in [-0.3, -0.25) is 10.2 Å². The minimum absolute atomic E-state index is 0.0758. The lowest BCUT2D eigenvalue weighted by Gasteiger charge is -2.33. The van der Waals surface area contributed by atoms with E-state index in [0.717, 1.165) is 0 Å². The molecule has 32 heavy (non-hydrogen) atoms. The number of hydrogen-bond donors (Lipinski definition) is 7. The van der Waals surface area contributed by atoms with Crippen molar-refractivity contribution in [1.82, 2.24) is 9.97 Å². The number of fused-ring (bicyclic) bond motifs is 1. The van der Waals surface area contributed by atoms with E-state index in [9.17, 15) is 25.2 Å². The number of aliphatic hydroxyl groups is 2. The average Bonchev–Trinajstić information content (AvgIpc) is 3.19. The van der Waals surface area contributed by atoms with E-state index in [4.69, 9.17) is 11.1 Å². The maximum absolute atomic E-state index is 11.5. The highest BCUT2D eigenvalue weighted by molar-refractivity contribution is 5.98. The molecule has 8 N–H and O–H groups in total. The molecule has 2 aromatic carbocycles. The number of aromatic hydroxyl groups is 1. The number of carboxylic acid groups (broad SMARTS) is 1. The molecule has 0 saturated heterocycles. The van der Waals surface area contributed by atoms with Crippen molar-refractivity contribution in [3.05, 3.63) is 76.8 Å². The molecule has 0 spiro atoms. The number of carboxylic acids is 1. The Kier molecular flexibility index (Phi) is 5.19. The Bertz CT molecular complexity index is 1310. The van der Waals surface area contributed by atoms with Gasteiger partial charge in [0.25, 0.3) is 0 Å². The Hall–Kier alpha value is -4.11. The number of rotatable bonds is 6. The van der Waals surface area contributed by atoms with E-state index >= 15 is 0 Å². The van der Waals surface area contributed by atoms with Crippen LogP contribution in [0.5, 0.6) is 5.75 Å². The number of imidazole rings is 1. The smallest absolute Gasteiger partial charge is 0.307 e. The summed E-state index contributed by atoms with van der Waals surface area (Å²) in [5.74, 6) is -1.30. The van der Waals surface area contributed by atoms with Crippen molar-refractivity contribution in [3.8, 4) is 5.75 Å². The lowest BCUT2D eigenvalue weighted by Crippen LogP contribution is -2.35. The molecule has 0 saturated carbocycles. The van der Waals surface area contributed by atoms with Gasteiger partial charge in [0.1, 0.15) is 28.6 Å². The minimum atomic E-state index is -1.55. The van der Waals surface area contributed by atoms with Gasteiger partial charge in [0, 0.05) is 16.7 Å². The largest absolute Gasteiger partial charge is 0.510 e. The molecule has 0 aliphatic heterocycles. The maximum Gasteiger partial charge on any atom is 0.307 e. The van der Waals surface area contributed by atoms with Gasteiger partial charge in [-0.05, 0) is 30.7 Å². The molecule has 1 heterocycles. The number of para-hydroxylation sites is 1. The summed E-state index contributed by atoms with van der Waals surface area (Å²) in [7, 11) is 0. The van der Waals surface area contributed by atoms with Crippen LogP contribution in [-0.4, -0.2) is 48.8 Å². The molecule has 9 nitrogen and oxygen atoms in total. The third-order valence-electron chi connectivity index (χ3n) is 5.64. The van der Waals surface area contributed by atoms with E-state index in [0.29, 0.717) is 33.3 Å². The van der Waals surface area contributed by atoms with E-state index in [1.54, 1.807) is 36.4 Å². The number of carbonyl (C=O) groups is 1. The highest BCUT2D eigenvalue weighted by Crippen LogP contribution is 2.45. The van der Waals surface area contributed by atoms with Crippen molar-refractivity contribution in [3.63, 3.8) is 0 Å². The van der Waals surface area contributed by atoms with Gasteiger partial charge in [-0.1, -0.05) is 29.8 Å². The van der Waals surface area contributed by atoms with Gasteiger partial charge in [-0.15, -0.1) is 0 Å². The van der Waals surface area contributed by atoms with Gasteiger partial charge >= 0.3 is 5.97 Å². The van der Waals surface area contributed by atoms with Crippen LogP contribution in [-0.2, 0) is 10.2 Å². The number of nitrogens with two attached hydrogens (primary N) is 1. The van der Waals surface area contributed by atoms with E-state index in [1.807, 2.05) is 0 Å². The molecule has 0 bridgehead atoms. The summed E-state index contributed by atoms with van der Waals surface area (Å²) < 4.78 is 0. The average molecular weight is 434 g/mol. The van der Waals surface area contributed by atoms with Gasteiger partial charge < -0.3 is 31.1 Å². The Morgan fingerprint density at radius 1 is 1.22 bits per heavy atom. The normalized spacial score (nSPS) is 18.6. The van der Waals surface area contributed by atoms with Gasteiger partial charge in [-0.25, -0.2) is 4.98 Å². The molecule has 4 rings (SSSR count). The molecular formula is C23H22N4O5. The summed E-state index contributed by atoms with van der Waals surface area (Å²) in [6.45, 7) is -0.599. The third-order valence-corrected chi connectivity index (χ3v) is 5.64. The van der Waals surface area contributed by atoms with E-state index in [-0.39, 0.29) is 36.0 Å². The summed E-state index contributed by atoms with van der Waals surface area (Å²) in [6, 6.07) is 11.4. The molecule has 1 atom stereocenters. The lowest BCUT2D eigenvalue weighted by atomic mass is 9.74. The van der Waals surface area contributed by atoms with E-state index < -0.39 is 18.0 Å². The van der Waals surface area contributed by atoms with Gasteiger partial charge in [-0.2, -0.15) is 0 Å². The molecule has 0 fully saturated rings. The zero-order valence-corrected chi connectivity index (χ0v) is 17.0. The highest BCUT2D eigenvalue weighted by atomic mass is 16.4.